The van der Waals surface area contributed by atoms with Crippen molar-refractivity contribution in [1.29, 1.82) is 0 Å². The fraction of sp³-hybridized carbons (Fsp3) is 0.280. The summed E-state index contributed by atoms with van der Waals surface area (Å²) in [6.07, 6.45) is 4.58. The Labute approximate surface area is 182 Å². The van der Waals surface area contributed by atoms with Crippen LogP contribution in [-0.2, 0) is 6.42 Å². The second kappa shape index (κ2) is 8.68. The van der Waals surface area contributed by atoms with Crippen LogP contribution in [0.25, 0.3) is 16.8 Å². The quantitative estimate of drug-likeness (QED) is 0.410. The van der Waals surface area contributed by atoms with Crippen molar-refractivity contribution in [1.82, 2.24) is 14.6 Å². The molecule has 0 bridgehead atoms. The van der Waals surface area contributed by atoms with Gasteiger partial charge in [-0.1, -0.05) is 32.9 Å². The molecule has 0 aliphatic rings. The fourth-order valence-electron chi connectivity index (χ4n) is 3.70. The van der Waals surface area contributed by atoms with E-state index in [1.54, 1.807) is 18.7 Å². The van der Waals surface area contributed by atoms with Gasteiger partial charge in [-0.05, 0) is 59.4 Å². The first kappa shape index (κ1) is 20.7. The maximum Gasteiger partial charge on any atom is 0.165 e. The van der Waals surface area contributed by atoms with Gasteiger partial charge >= 0.3 is 0 Å². The Morgan fingerprint density at radius 2 is 1.81 bits per heavy atom. The smallest absolute Gasteiger partial charge is 0.165 e. The zero-order chi connectivity index (χ0) is 22.0. The highest BCUT2D eigenvalue weighted by atomic mass is 16.5. The molecule has 0 fully saturated rings. The summed E-state index contributed by atoms with van der Waals surface area (Å²) < 4.78 is 12.9. The molecular formula is C25H28N4O2. The number of aryl methyl sites for hydroxylation is 1. The summed E-state index contributed by atoms with van der Waals surface area (Å²) in [5.74, 6) is 2.75. The number of hydrogen-bond acceptors (Lipinski definition) is 5. The molecule has 0 saturated heterocycles. The molecule has 2 heterocycles. The third-order valence-corrected chi connectivity index (χ3v) is 5.47. The van der Waals surface area contributed by atoms with E-state index in [1.807, 2.05) is 24.5 Å². The average molecular weight is 417 g/mol. The molecule has 0 unspecified atom stereocenters. The minimum Gasteiger partial charge on any atom is -0.493 e. The summed E-state index contributed by atoms with van der Waals surface area (Å²) in [5.41, 5.74) is 6.10. The maximum atomic E-state index is 5.57. The largest absolute Gasteiger partial charge is 0.493 e. The van der Waals surface area contributed by atoms with Crippen LogP contribution in [0.1, 0.15) is 37.8 Å². The lowest BCUT2D eigenvalue weighted by molar-refractivity contribution is 0.352. The monoisotopic (exact) mass is 416 g/mol. The van der Waals surface area contributed by atoms with Gasteiger partial charge in [0.15, 0.2) is 17.1 Å². The Morgan fingerprint density at radius 3 is 2.45 bits per heavy atom. The van der Waals surface area contributed by atoms with Gasteiger partial charge in [0, 0.05) is 17.4 Å². The molecule has 6 nitrogen and oxygen atoms in total. The predicted octanol–water partition coefficient (Wildman–Crippen LogP) is 5.84. The highest BCUT2D eigenvalue weighted by Crippen LogP contribution is 2.37. The Bertz CT molecular complexity index is 1170. The average Bonchev–Trinajstić information content (AvgIpc) is 3.21. The SMILES string of the molecule is CCc1cc(-c2cnn3ccc(Nc4ccc(C(C)C)cc4)nc23)cc(OC)c1OC. The van der Waals surface area contributed by atoms with E-state index >= 15 is 0 Å². The molecule has 0 amide bonds. The van der Waals surface area contributed by atoms with Crippen LogP contribution in [0.3, 0.4) is 0 Å². The van der Waals surface area contributed by atoms with Crippen molar-refractivity contribution in [3.8, 4) is 22.6 Å². The van der Waals surface area contributed by atoms with Gasteiger partial charge in [-0.2, -0.15) is 5.10 Å². The lowest BCUT2D eigenvalue weighted by atomic mass is 10.0. The number of fused-ring (bicyclic) bond motifs is 1. The summed E-state index contributed by atoms with van der Waals surface area (Å²) in [6.45, 7) is 6.48. The summed E-state index contributed by atoms with van der Waals surface area (Å²) in [5, 5.41) is 7.88. The van der Waals surface area contributed by atoms with Gasteiger partial charge in [0.1, 0.15) is 5.82 Å². The van der Waals surface area contributed by atoms with E-state index in [4.69, 9.17) is 14.5 Å². The number of aromatic nitrogens is 3. The van der Waals surface area contributed by atoms with Crippen LogP contribution in [0.4, 0.5) is 11.5 Å². The number of methoxy groups -OCH3 is 2. The second-order valence-electron chi connectivity index (χ2n) is 7.77. The first-order chi connectivity index (χ1) is 15.0. The third kappa shape index (κ3) is 4.06. The van der Waals surface area contributed by atoms with Crippen LogP contribution in [0.5, 0.6) is 11.5 Å². The Hall–Kier alpha value is -3.54. The lowest BCUT2D eigenvalue weighted by Gasteiger charge is -2.14. The molecule has 4 rings (SSSR count). The molecule has 1 N–H and O–H groups in total. The van der Waals surface area contributed by atoms with E-state index in [1.165, 1.54) is 5.56 Å². The molecule has 0 spiro atoms. The second-order valence-corrected chi connectivity index (χ2v) is 7.77. The van der Waals surface area contributed by atoms with E-state index in [0.717, 1.165) is 46.0 Å². The Morgan fingerprint density at radius 1 is 1.03 bits per heavy atom. The van der Waals surface area contributed by atoms with Crippen molar-refractivity contribution in [2.24, 2.45) is 0 Å². The van der Waals surface area contributed by atoms with E-state index in [0.29, 0.717) is 11.7 Å². The fourth-order valence-corrected chi connectivity index (χ4v) is 3.70. The number of benzene rings is 2. The van der Waals surface area contributed by atoms with Crippen molar-refractivity contribution in [2.75, 3.05) is 19.5 Å². The van der Waals surface area contributed by atoms with E-state index in [9.17, 15) is 0 Å². The summed E-state index contributed by atoms with van der Waals surface area (Å²) in [7, 11) is 3.32. The lowest BCUT2D eigenvalue weighted by Crippen LogP contribution is -1.98. The molecule has 0 aliphatic carbocycles. The van der Waals surface area contributed by atoms with Gasteiger partial charge in [0.2, 0.25) is 0 Å². The zero-order valence-corrected chi connectivity index (χ0v) is 18.6. The minimum atomic E-state index is 0.507. The van der Waals surface area contributed by atoms with Crippen molar-refractivity contribution in [3.63, 3.8) is 0 Å². The molecule has 160 valence electrons. The summed E-state index contributed by atoms with van der Waals surface area (Å²) in [4.78, 5) is 4.84. The zero-order valence-electron chi connectivity index (χ0n) is 18.6. The van der Waals surface area contributed by atoms with Crippen molar-refractivity contribution in [2.45, 2.75) is 33.1 Å². The Balaban J connectivity index is 1.72. The van der Waals surface area contributed by atoms with E-state index in [2.05, 4.69) is 61.5 Å². The molecule has 2 aromatic carbocycles. The van der Waals surface area contributed by atoms with Crippen LogP contribution in [0.2, 0.25) is 0 Å². The molecule has 0 atom stereocenters. The van der Waals surface area contributed by atoms with Crippen LogP contribution in [0.15, 0.2) is 54.9 Å². The Kier molecular flexibility index (Phi) is 5.80. The number of nitrogens with zero attached hydrogens (tertiary/aromatic N) is 3. The minimum absolute atomic E-state index is 0.507. The molecule has 31 heavy (non-hydrogen) atoms. The van der Waals surface area contributed by atoms with Gasteiger partial charge in [-0.25, -0.2) is 9.50 Å². The summed E-state index contributed by atoms with van der Waals surface area (Å²) in [6, 6.07) is 14.5. The number of hydrogen-bond donors (Lipinski definition) is 1. The molecule has 6 heteroatoms. The molecule has 0 radical (unpaired) electrons. The number of nitrogens with one attached hydrogen (secondary N) is 1. The molecule has 4 aromatic rings. The summed E-state index contributed by atoms with van der Waals surface area (Å²) >= 11 is 0. The van der Waals surface area contributed by atoms with E-state index in [-0.39, 0.29) is 0 Å². The van der Waals surface area contributed by atoms with Gasteiger partial charge in [0.05, 0.1) is 20.4 Å². The highest BCUT2D eigenvalue weighted by Gasteiger charge is 2.16. The highest BCUT2D eigenvalue weighted by molar-refractivity contribution is 5.80. The molecule has 0 saturated carbocycles. The van der Waals surface area contributed by atoms with Crippen LogP contribution < -0.4 is 14.8 Å². The van der Waals surface area contributed by atoms with Gasteiger partial charge in [-0.15, -0.1) is 0 Å². The van der Waals surface area contributed by atoms with E-state index < -0.39 is 0 Å². The molecular weight excluding hydrogens is 388 g/mol. The number of ether oxygens (including phenoxy) is 2. The van der Waals surface area contributed by atoms with Crippen molar-refractivity contribution in [3.05, 3.63) is 66.0 Å². The molecule has 2 aromatic heterocycles. The van der Waals surface area contributed by atoms with Crippen molar-refractivity contribution < 1.29 is 9.47 Å². The maximum absolute atomic E-state index is 5.57. The predicted molar refractivity (Wildman–Crippen MR) is 125 cm³/mol. The topological polar surface area (TPSA) is 60.7 Å². The normalized spacial score (nSPS) is 11.2. The van der Waals surface area contributed by atoms with Gasteiger partial charge in [-0.3, -0.25) is 0 Å². The van der Waals surface area contributed by atoms with Gasteiger partial charge in [0.25, 0.3) is 0 Å². The first-order valence-corrected chi connectivity index (χ1v) is 10.5. The standard InChI is InChI=1S/C25H28N4O2/c1-6-17-13-19(14-22(30-4)24(17)31-5)21-15-26-29-12-11-23(28-25(21)29)27-20-9-7-18(8-10-20)16(2)3/h7-16H,6H2,1-5H3,(H,27,28). The van der Waals surface area contributed by atoms with Crippen LogP contribution in [0, 0.1) is 0 Å². The molecule has 0 aliphatic heterocycles. The first-order valence-electron chi connectivity index (χ1n) is 10.5. The van der Waals surface area contributed by atoms with Crippen LogP contribution >= 0.6 is 0 Å². The van der Waals surface area contributed by atoms with Crippen LogP contribution in [-0.4, -0.2) is 28.8 Å². The third-order valence-electron chi connectivity index (χ3n) is 5.47. The number of anilines is 2. The number of rotatable bonds is 7. The van der Waals surface area contributed by atoms with Gasteiger partial charge < -0.3 is 14.8 Å². The van der Waals surface area contributed by atoms with Crippen molar-refractivity contribution >= 4 is 17.2 Å².